The lowest BCUT2D eigenvalue weighted by Gasteiger charge is -2.12. The quantitative estimate of drug-likeness (QED) is 0.807. The number of rotatable bonds is 3. The van der Waals surface area contributed by atoms with Gasteiger partial charge in [-0.25, -0.2) is 0 Å². The maximum atomic E-state index is 6.17. The maximum Gasteiger partial charge on any atom is 0.137 e. The molecule has 1 nitrogen and oxygen atoms in total. The molecule has 0 N–H and O–H groups in total. The fraction of sp³-hybridized carbons (Fsp3) is 0.250. The molecule has 0 aliphatic carbocycles. The van der Waals surface area contributed by atoms with E-state index in [-0.39, 0.29) is 0 Å². The molecule has 1 atom stereocenters. The Kier molecular flexibility index (Phi) is 3.72. The molecule has 0 saturated carbocycles. The molecule has 2 aromatic carbocycles. The van der Waals surface area contributed by atoms with Crippen molar-refractivity contribution in [2.45, 2.75) is 23.5 Å². The van der Waals surface area contributed by atoms with Crippen LogP contribution in [0.15, 0.2) is 47.4 Å². The summed E-state index contributed by atoms with van der Waals surface area (Å²) in [5, 5.41) is 1.18. The Labute approximate surface area is 122 Å². The summed E-state index contributed by atoms with van der Waals surface area (Å²) in [7, 11) is 0. The van der Waals surface area contributed by atoms with Crippen molar-refractivity contribution in [2.75, 3.05) is 6.61 Å². The topological polar surface area (TPSA) is 9.23 Å². The highest BCUT2D eigenvalue weighted by molar-refractivity contribution is 8.00. The van der Waals surface area contributed by atoms with Crippen LogP contribution in [0, 0.1) is 6.92 Å². The van der Waals surface area contributed by atoms with E-state index in [1.807, 2.05) is 36.9 Å². The molecule has 19 heavy (non-hydrogen) atoms. The van der Waals surface area contributed by atoms with E-state index in [1.165, 1.54) is 10.5 Å². The highest BCUT2D eigenvalue weighted by Gasteiger charge is 2.22. The molecule has 0 bridgehead atoms. The first-order valence-electron chi connectivity index (χ1n) is 6.36. The third-order valence-electron chi connectivity index (χ3n) is 3.23. The standard InChI is InChI=1S/C16H15ClOS/c1-11-6-7-15(14(17)8-11)18-10-13-9-12-4-2-3-5-16(12)19-13/h2-8,13H,9-10H2,1H3. The Hall–Kier alpha value is -1.12. The van der Waals surface area contributed by atoms with Crippen molar-refractivity contribution in [3.05, 3.63) is 58.6 Å². The summed E-state index contributed by atoms with van der Waals surface area (Å²) in [6.45, 7) is 2.72. The lowest BCUT2D eigenvalue weighted by Crippen LogP contribution is -2.13. The van der Waals surface area contributed by atoms with E-state index in [9.17, 15) is 0 Å². The van der Waals surface area contributed by atoms with E-state index in [0.29, 0.717) is 16.9 Å². The lowest BCUT2D eigenvalue weighted by molar-refractivity contribution is 0.317. The van der Waals surface area contributed by atoms with Gasteiger partial charge in [-0.15, -0.1) is 11.8 Å². The van der Waals surface area contributed by atoms with Gasteiger partial charge in [-0.3, -0.25) is 0 Å². The van der Waals surface area contributed by atoms with Gasteiger partial charge in [0.2, 0.25) is 0 Å². The van der Waals surface area contributed by atoms with Crippen LogP contribution in [0.5, 0.6) is 5.75 Å². The molecule has 0 aromatic heterocycles. The summed E-state index contributed by atoms with van der Waals surface area (Å²) >= 11 is 8.07. The van der Waals surface area contributed by atoms with Gasteiger partial charge in [-0.1, -0.05) is 35.9 Å². The van der Waals surface area contributed by atoms with Gasteiger partial charge >= 0.3 is 0 Å². The number of benzene rings is 2. The molecule has 0 fully saturated rings. The summed E-state index contributed by atoms with van der Waals surface area (Å²) < 4.78 is 5.85. The predicted molar refractivity (Wildman–Crippen MR) is 81.5 cm³/mol. The minimum atomic E-state index is 0.481. The van der Waals surface area contributed by atoms with Crippen molar-refractivity contribution in [1.82, 2.24) is 0 Å². The van der Waals surface area contributed by atoms with E-state index in [4.69, 9.17) is 16.3 Å². The zero-order valence-corrected chi connectivity index (χ0v) is 12.3. The fourth-order valence-electron chi connectivity index (χ4n) is 2.25. The monoisotopic (exact) mass is 290 g/mol. The van der Waals surface area contributed by atoms with Crippen LogP contribution in [-0.2, 0) is 6.42 Å². The highest BCUT2D eigenvalue weighted by atomic mass is 35.5. The summed E-state index contributed by atoms with van der Waals surface area (Å²) in [6, 6.07) is 14.5. The minimum absolute atomic E-state index is 0.481. The number of hydrogen-bond donors (Lipinski definition) is 0. The molecule has 98 valence electrons. The molecular weight excluding hydrogens is 276 g/mol. The molecular formula is C16H15ClOS. The molecule has 0 saturated heterocycles. The van der Waals surface area contributed by atoms with E-state index in [1.54, 1.807) is 0 Å². The van der Waals surface area contributed by atoms with Crippen molar-refractivity contribution >= 4 is 23.4 Å². The van der Waals surface area contributed by atoms with Crippen LogP contribution in [0.2, 0.25) is 5.02 Å². The zero-order chi connectivity index (χ0) is 13.2. The second-order valence-electron chi connectivity index (χ2n) is 4.80. The van der Waals surface area contributed by atoms with Crippen LogP contribution in [0.4, 0.5) is 0 Å². The summed E-state index contributed by atoms with van der Waals surface area (Å²) in [6.07, 6.45) is 1.07. The number of aryl methyl sites for hydroxylation is 1. The summed E-state index contributed by atoms with van der Waals surface area (Å²) in [5.41, 5.74) is 2.58. The van der Waals surface area contributed by atoms with Crippen LogP contribution >= 0.6 is 23.4 Å². The van der Waals surface area contributed by atoms with E-state index < -0.39 is 0 Å². The third-order valence-corrected chi connectivity index (χ3v) is 4.81. The molecule has 1 heterocycles. The largest absolute Gasteiger partial charge is 0.491 e. The van der Waals surface area contributed by atoms with Gasteiger partial charge < -0.3 is 4.74 Å². The average molecular weight is 291 g/mol. The van der Waals surface area contributed by atoms with Crippen LogP contribution in [0.1, 0.15) is 11.1 Å². The summed E-state index contributed by atoms with van der Waals surface area (Å²) in [4.78, 5) is 1.38. The molecule has 3 rings (SSSR count). The first kappa shape index (κ1) is 12.9. The number of hydrogen-bond acceptors (Lipinski definition) is 2. The Morgan fingerprint density at radius 1 is 1.26 bits per heavy atom. The van der Waals surface area contributed by atoms with Crippen molar-refractivity contribution < 1.29 is 4.74 Å². The van der Waals surface area contributed by atoms with Gasteiger partial charge in [0.15, 0.2) is 0 Å². The highest BCUT2D eigenvalue weighted by Crippen LogP contribution is 2.37. The Morgan fingerprint density at radius 2 is 2.11 bits per heavy atom. The van der Waals surface area contributed by atoms with Crippen molar-refractivity contribution in [1.29, 1.82) is 0 Å². The maximum absolute atomic E-state index is 6.17. The van der Waals surface area contributed by atoms with Crippen molar-refractivity contribution in [2.24, 2.45) is 0 Å². The summed E-state index contributed by atoms with van der Waals surface area (Å²) in [5.74, 6) is 0.781. The first-order chi connectivity index (χ1) is 9.22. The smallest absolute Gasteiger partial charge is 0.137 e. The van der Waals surface area contributed by atoms with E-state index in [2.05, 4.69) is 24.3 Å². The van der Waals surface area contributed by atoms with Gasteiger partial charge in [-0.2, -0.15) is 0 Å². The van der Waals surface area contributed by atoms with Gasteiger partial charge in [0, 0.05) is 10.1 Å². The minimum Gasteiger partial charge on any atom is -0.491 e. The van der Waals surface area contributed by atoms with E-state index in [0.717, 1.165) is 17.7 Å². The molecule has 0 radical (unpaired) electrons. The zero-order valence-electron chi connectivity index (χ0n) is 10.7. The van der Waals surface area contributed by atoms with Crippen molar-refractivity contribution in [3.63, 3.8) is 0 Å². The first-order valence-corrected chi connectivity index (χ1v) is 7.61. The van der Waals surface area contributed by atoms with Gasteiger partial charge in [0.05, 0.1) is 5.02 Å². The number of ether oxygens (including phenoxy) is 1. The Morgan fingerprint density at radius 3 is 2.89 bits per heavy atom. The van der Waals surface area contributed by atoms with Gasteiger partial charge in [0.25, 0.3) is 0 Å². The second-order valence-corrected chi connectivity index (χ2v) is 6.55. The van der Waals surface area contributed by atoms with Gasteiger partial charge in [-0.05, 0) is 42.7 Å². The van der Waals surface area contributed by atoms with Crippen LogP contribution in [0.25, 0.3) is 0 Å². The Bertz CT molecular complexity index is 572. The third kappa shape index (κ3) is 2.90. The number of thioether (sulfide) groups is 1. The molecule has 0 spiro atoms. The van der Waals surface area contributed by atoms with Crippen LogP contribution in [0.3, 0.4) is 0 Å². The molecule has 0 amide bonds. The molecule has 1 unspecified atom stereocenters. The Balaban J connectivity index is 1.63. The van der Waals surface area contributed by atoms with Crippen LogP contribution in [-0.4, -0.2) is 11.9 Å². The SMILES string of the molecule is Cc1ccc(OCC2Cc3ccccc3S2)c(Cl)c1. The van der Waals surface area contributed by atoms with Crippen molar-refractivity contribution in [3.8, 4) is 5.75 Å². The molecule has 1 aliphatic rings. The molecule has 1 aliphatic heterocycles. The van der Waals surface area contributed by atoms with Crippen LogP contribution < -0.4 is 4.74 Å². The number of fused-ring (bicyclic) bond motifs is 1. The molecule has 3 heteroatoms. The average Bonchev–Trinajstić information content (AvgIpc) is 2.80. The molecule has 2 aromatic rings. The van der Waals surface area contributed by atoms with E-state index >= 15 is 0 Å². The second kappa shape index (κ2) is 5.48. The van der Waals surface area contributed by atoms with Gasteiger partial charge in [0.1, 0.15) is 12.4 Å². The normalized spacial score (nSPS) is 17.3. The fourth-order valence-corrected chi connectivity index (χ4v) is 3.76. The lowest BCUT2D eigenvalue weighted by atomic mass is 10.1. The number of halogens is 1. The predicted octanol–water partition coefficient (Wildman–Crippen LogP) is 4.74.